The van der Waals surface area contributed by atoms with Crippen molar-refractivity contribution in [3.8, 4) is 0 Å². The quantitative estimate of drug-likeness (QED) is 0.525. The van der Waals surface area contributed by atoms with Crippen LogP contribution in [0.4, 0.5) is 0 Å². The zero-order valence-electron chi connectivity index (χ0n) is 9.91. The highest BCUT2D eigenvalue weighted by Crippen LogP contribution is 2.18. The maximum absolute atomic E-state index is 8.49. The molecular weight excluding hydrogens is 258 g/mol. The van der Waals surface area contributed by atoms with Gasteiger partial charge in [0.2, 0.25) is 0 Å². The van der Waals surface area contributed by atoms with Gasteiger partial charge >= 0.3 is 0 Å². The van der Waals surface area contributed by atoms with Crippen LogP contribution in [0.15, 0.2) is 36.4 Å². The van der Waals surface area contributed by atoms with Gasteiger partial charge in [0.05, 0.1) is 0 Å². The number of allylic oxidation sites excluding steroid dienone is 1. The predicted octanol–water partition coefficient (Wildman–Crippen LogP) is -2.57. The van der Waals surface area contributed by atoms with Crippen molar-refractivity contribution >= 4 is 11.8 Å². The normalized spacial score (nSPS) is 15.2. The zero-order chi connectivity index (χ0) is 13.6. The summed E-state index contributed by atoms with van der Waals surface area (Å²) in [5.74, 6) is 0. The lowest BCUT2D eigenvalue weighted by Gasteiger charge is -2.17. The third kappa shape index (κ3) is 6.48. The molecule has 1 heterocycles. The van der Waals surface area contributed by atoms with Gasteiger partial charge in [0, 0.05) is 12.5 Å². The fourth-order valence-corrected chi connectivity index (χ4v) is 1.56. The summed E-state index contributed by atoms with van der Waals surface area (Å²) in [6, 6.07) is 10.6. The highest BCUT2D eigenvalue weighted by Gasteiger charge is 2.08. The van der Waals surface area contributed by atoms with Crippen LogP contribution in [0.1, 0.15) is 12.0 Å². The molecule has 1 aliphatic rings. The maximum Gasteiger partial charge on any atom is 0.163 e. The molecule has 6 heteroatoms. The molecule has 0 saturated heterocycles. The van der Waals surface area contributed by atoms with Gasteiger partial charge in [-0.1, -0.05) is 30.3 Å². The molecule has 0 atom stereocenters. The van der Waals surface area contributed by atoms with Crippen LogP contribution in [0.25, 0.3) is 5.57 Å². The van der Waals surface area contributed by atoms with E-state index in [4.69, 9.17) is 18.6 Å². The Hall–Kier alpha value is -1.24. The number of benzene rings is 1. The summed E-state index contributed by atoms with van der Waals surface area (Å²) in [7, 11) is -2.84. The SMILES string of the molecule is C[N+]1=CC=C(c2ccccc2)CC1.[O-][Cl+3]([O-])([O-])[O-]. The summed E-state index contributed by atoms with van der Waals surface area (Å²) in [6.07, 6.45) is 5.50. The van der Waals surface area contributed by atoms with E-state index in [0.29, 0.717) is 0 Å². The predicted molar refractivity (Wildman–Crippen MR) is 56.2 cm³/mol. The Kier molecular flexibility index (Phi) is 5.46. The number of hydrogen-bond acceptors (Lipinski definition) is 4. The largest absolute Gasteiger partial charge is 0.238 e. The number of halogens is 1. The molecule has 18 heavy (non-hydrogen) atoms. The highest BCUT2D eigenvalue weighted by molar-refractivity contribution is 5.83. The molecule has 0 saturated carbocycles. The molecule has 1 aromatic carbocycles. The highest BCUT2D eigenvalue weighted by atomic mass is 35.7. The molecule has 5 nitrogen and oxygen atoms in total. The zero-order valence-corrected chi connectivity index (χ0v) is 10.7. The van der Waals surface area contributed by atoms with Crippen molar-refractivity contribution in [2.75, 3.05) is 13.6 Å². The second kappa shape index (κ2) is 6.63. The Morgan fingerprint density at radius 3 is 2.06 bits per heavy atom. The molecule has 0 bridgehead atoms. The third-order valence-electron chi connectivity index (χ3n) is 2.41. The third-order valence-corrected chi connectivity index (χ3v) is 2.41. The Labute approximate surface area is 108 Å². The first-order chi connectivity index (χ1) is 8.36. The van der Waals surface area contributed by atoms with E-state index in [1.807, 2.05) is 0 Å². The van der Waals surface area contributed by atoms with Gasteiger partial charge in [0.15, 0.2) is 6.21 Å². The van der Waals surface area contributed by atoms with E-state index < -0.39 is 10.2 Å². The molecule has 0 spiro atoms. The van der Waals surface area contributed by atoms with Crippen molar-refractivity contribution < 1.29 is 33.5 Å². The summed E-state index contributed by atoms with van der Waals surface area (Å²) in [5.41, 5.74) is 2.80. The van der Waals surface area contributed by atoms with Gasteiger partial charge in [0.1, 0.15) is 13.6 Å². The van der Waals surface area contributed by atoms with Crippen molar-refractivity contribution in [3.05, 3.63) is 42.0 Å². The lowest BCUT2D eigenvalue weighted by atomic mass is 10.0. The van der Waals surface area contributed by atoms with Gasteiger partial charge in [0.25, 0.3) is 0 Å². The van der Waals surface area contributed by atoms with E-state index >= 15 is 0 Å². The molecule has 0 unspecified atom stereocenters. The van der Waals surface area contributed by atoms with Crippen molar-refractivity contribution in [2.45, 2.75) is 6.42 Å². The maximum atomic E-state index is 8.49. The average molecular weight is 272 g/mol. The molecule has 98 valence electrons. The van der Waals surface area contributed by atoms with E-state index in [0.717, 1.165) is 13.0 Å². The molecule has 0 fully saturated rings. The summed E-state index contributed by atoms with van der Waals surface area (Å²) >= 11 is 0. The molecule has 0 aliphatic carbocycles. The van der Waals surface area contributed by atoms with Gasteiger partial charge in [-0.15, -0.1) is 10.2 Å². The number of rotatable bonds is 1. The van der Waals surface area contributed by atoms with E-state index in [2.05, 4.69) is 54.2 Å². The van der Waals surface area contributed by atoms with E-state index in [-0.39, 0.29) is 0 Å². The average Bonchev–Trinajstić information content (AvgIpc) is 2.29. The van der Waals surface area contributed by atoms with Crippen LogP contribution in [0.5, 0.6) is 0 Å². The fraction of sp³-hybridized carbons (Fsp3) is 0.250. The van der Waals surface area contributed by atoms with Crippen LogP contribution < -0.4 is 18.6 Å². The topological polar surface area (TPSA) is 95.2 Å². The second-order valence-corrected chi connectivity index (χ2v) is 4.57. The van der Waals surface area contributed by atoms with Crippen LogP contribution >= 0.6 is 0 Å². The lowest BCUT2D eigenvalue weighted by Crippen LogP contribution is -2.68. The molecule has 1 aliphatic heterocycles. The minimum absolute atomic E-state index is 1.13. The first kappa shape index (κ1) is 14.8. The number of nitrogens with zero attached hydrogens (tertiary/aromatic N) is 1. The van der Waals surface area contributed by atoms with Gasteiger partial charge in [-0.2, -0.15) is 0 Å². The van der Waals surface area contributed by atoms with Crippen molar-refractivity contribution in [1.29, 1.82) is 0 Å². The van der Waals surface area contributed by atoms with E-state index in [9.17, 15) is 0 Å². The molecular formula is C12H14ClNO4. The number of hydrogen-bond donors (Lipinski definition) is 0. The first-order valence-electron chi connectivity index (χ1n) is 5.28. The standard InChI is InChI=1S/C12H14N.ClHO4/c1-13-9-7-12(8-10-13)11-5-3-2-4-6-11;2-1(3,4)5/h2-7,9H,8,10H2,1H3;(H,2,3,4,5)/q+1;/p-1. The summed E-state index contributed by atoms with van der Waals surface area (Å²) in [4.78, 5) is 0. The lowest BCUT2D eigenvalue weighted by molar-refractivity contribution is -2.00. The summed E-state index contributed by atoms with van der Waals surface area (Å²) in [6.45, 7) is 1.13. The van der Waals surface area contributed by atoms with Crippen LogP contribution in [0.2, 0.25) is 0 Å². The van der Waals surface area contributed by atoms with E-state index in [1.54, 1.807) is 0 Å². The van der Waals surface area contributed by atoms with Crippen molar-refractivity contribution in [2.24, 2.45) is 0 Å². The van der Waals surface area contributed by atoms with E-state index in [1.165, 1.54) is 11.1 Å². The second-order valence-electron chi connectivity index (χ2n) is 3.82. The Bertz CT molecular complexity index is 431. The van der Waals surface area contributed by atoms with Crippen LogP contribution in [-0.4, -0.2) is 24.4 Å². The monoisotopic (exact) mass is 271 g/mol. The smallest absolute Gasteiger partial charge is 0.163 e. The van der Waals surface area contributed by atoms with Crippen LogP contribution in [0.3, 0.4) is 0 Å². The van der Waals surface area contributed by atoms with Crippen molar-refractivity contribution in [3.63, 3.8) is 0 Å². The minimum Gasteiger partial charge on any atom is -0.238 e. The first-order valence-corrected chi connectivity index (χ1v) is 6.51. The Morgan fingerprint density at radius 2 is 1.61 bits per heavy atom. The van der Waals surface area contributed by atoms with Gasteiger partial charge in [-0.25, -0.2) is 23.2 Å². The molecule has 0 radical (unpaired) electrons. The molecule has 0 aromatic heterocycles. The fourth-order valence-electron chi connectivity index (χ4n) is 1.56. The Morgan fingerprint density at radius 1 is 1.06 bits per heavy atom. The summed E-state index contributed by atoms with van der Waals surface area (Å²) in [5, 5.41) is 0. The Balaban J connectivity index is 0.000000280. The molecule has 2 rings (SSSR count). The minimum atomic E-state index is -4.94. The van der Waals surface area contributed by atoms with Crippen LogP contribution in [0, 0.1) is 10.2 Å². The molecule has 1 aromatic rings. The molecule has 0 amide bonds. The van der Waals surface area contributed by atoms with Gasteiger partial charge < -0.3 is 0 Å². The van der Waals surface area contributed by atoms with Gasteiger partial charge in [-0.3, -0.25) is 0 Å². The molecule has 0 N–H and O–H groups in total. The van der Waals surface area contributed by atoms with Crippen molar-refractivity contribution in [1.82, 2.24) is 0 Å². The summed E-state index contributed by atoms with van der Waals surface area (Å²) < 4.78 is 36.2. The van der Waals surface area contributed by atoms with Gasteiger partial charge in [-0.05, 0) is 11.1 Å². The van der Waals surface area contributed by atoms with Crippen LogP contribution in [-0.2, 0) is 0 Å².